The first-order chi connectivity index (χ1) is 10.1. The monoisotopic (exact) mass is 303 g/mol. The summed E-state index contributed by atoms with van der Waals surface area (Å²) in [6.07, 6.45) is 2.17. The summed E-state index contributed by atoms with van der Waals surface area (Å²) in [4.78, 5) is 14.7. The molecule has 1 amide bonds. The van der Waals surface area contributed by atoms with Crippen LogP contribution in [0.3, 0.4) is 0 Å². The Bertz CT molecular complexity index is 605. The number of hydrogen-bond acceptors (Lipinski definition) is 3. The quantitative estimate of drug-likeness (QED) is 0.946. The van der Waals surface area contributed by atoms with Crippen LogP contribution in [0.15, 0.2) is 22.9 Å². The van der Waals surface area contributed by atoms with Crippen LogP contribution < -0.4 is 0 Å². The second kappa shape index (κ2) is 6.02. The fraction of sp³-hybridized carbons (Fsp3) is 0.500. The van der Waals surface area contributed by atoms with Gasteiger partial charge in [-0.1, -0.05) is 0 Å². The fourth-order valence-electron chi connectivity index (χ4n) is 3.00. The van der Waals surface area contributed by atoms with Crippen LogP contribution in [-0.2, 0) is 4.79 Å². The van der Waals surface area contributed by atoms with Gasteiger partial charge in [0.05, 0.1) is 11.6 Å². The Morgan fingerprint density at radius 2 is 2.43 bits per heavy atom. The van der Waals surface area contributed by atoms with E-state index < -0.39 is 0 Å². The molecule has 0 bridgehead atoms. The molecular formula is C16H21N3OS. The van der Waals surface area contributed by atoms with Gasteiger partial charge in [0, 0.05) is 24.7 Å². The summed E-state index contributed by atoms with van der Waals surface area (Å²) in [6, 6.07) is 4.15. The highest BCUT2D eigenvalue weighted by molar-refractivity contribution is 7.08. The van der Waals surface area contributed by atoms with Gasteiger partial charge >= 0.3 is 0 Å². The highest BCUT2D eigenvalue weighted by atomic mass is 32.1. The molecule has 0 aliphatic carbocycles. The van der Waals surface area contributed by atoms with E-state index in [0.29, 0.717) is 5.92 Å². The predicted molar refractivity (Wildman–Crippen MR) is 84.6 cm³/mol. The van der Waals surface area contributed by atoms with Gasteiger partial charge in [0.2, 0.25) is 5.91 Å². The van der Waals surface area contributed by atoms with E-state index in [1.807, 2.05) is 30.2 Å². The number of amides is 1. The van der Waals surface area contributed by atoms with Gasteiger partial charge in [-0.15, -0.1) is 0 Å². The average Bonchev–Trinajstić information content (AvgIpc) is 3.17. The molecule has 4 nitrogen and oxygen atoms in total. The van der Waals surface area contributed by atoms with Gasteiger partial charge in [-0.05, 0) is 55.1 Å². The summed E-state index contributed by atoms with van der Waals surface area (Å²) >= 11 is 1.65. The van der Waals surface area contributed by atoms with Crippen LogP contribution in [0, 0.1) is 6.92 Å². The smallest absolute Gasteiger partial charge is 0.229 e. The normalized spacial score (nSPS) is 20.5. The molecule has 0 saturated carbocycles. The van der Waals surface area contributed by atoms with Gasteiger partial charge in [0.25, 0.3) is 0 Å². The lowest BCUT2D eigenvalue weighted by atomic mass is 9.93. The Morgan fingerprint density at radius 3 is 3.10 bits per heavy atom. The number of thiophene rings is 1. The summed E-state index contributed by atoms with van der Waals surface area (Å²) in [5.41, 5.74) is 3.30. The molecule has 0 unspecified atom stereocenters. The van der Waals surface area contributed by atoms with Crippen molar-refractivity contribution in [1.29, 1.82) is 0 Å². The topological polar surface area (TPSA) is 49.0 Å². The van der Waals surface area contributed by atoms with Gasteiger partial charge in [-0.25, -0.2) is 0 Å². The van der Waals surface area contributed by atoms with Crippen molar-refractivity contribution < 1.29 is 4.79 Å². The molecule has 0 spiro atoms. The first-order valence-corrected chi connectivity index (χ1v) is 8.42. The van der Waals surface area contributed by atoms with Crippen LogP contribution in [0.25, 0.3) is 0 Å². The number of aromatic amines is 1. The maximum atomic E-state index is 12.7. The molecule has 2 aromatic heterocycles. The van der Waals surface area contributed by atoms with Crippen LogP contribution in [0.4, 0.5) is 0 Å². The first kappa shape index (κ1) is 14.3. The zero-order valence-electron chi connectivity index (χ0n) is 12.5. The number of aryl methyl sites for hydroxylation is 1. The molecule has 5 heteroatoms. The van der Waals surface area contributed by atoms with E-state index in [4.69, 9.17) is 0 Å². The van der Waals surface area contributed by atoms with Crippen molar-refractivity contribution in [2.75, 3.05) is 13.1 Å². The number of carbonyl (C=O) groups is 1. The van der Waals surface area contributed by atoms with E-state index in [-0.39, 0.29) is 11.8 Å². The number of piperidine rings is 1. The van der Waals surface area contributed by atoms with E-state index in [9.17, 15) is 4.79 Å². The number of H-pyrrole nitrogens is 1. The minimum absolute atomic E-state index is 0.0454. The molecule has 1 aliphatic rings. The lowest BCUT2D eigenvalue weighted by Crippen LogP contribution is -2.41. The van der Waals surface area contributed by atoms with Crippen molar-refractivity contribution in [3.8, 4) is 0 Å². The Morgan fingerprint density at radius 1 is 1.57 bits per heavy atom. The van der Waals surface area contributed by atoms with E-state index in [2.05, 4.69) is 21.6 Å². The van der Waals surface area contributed by atoms with Crippen molar-refractivity contribution in [3.63, 3.8) is 0 Å². The molecule has 2 atom stereocenters. The largest absolute Gasteiger partial charge is 0.342 e. The minimum atomic E-state index is -0.0454. The van der Waals surface area contributed by atoms with Crippen LogP contribution >= 0.6 is 11.3 Å². The molecule has 1 fully saturated rings. The molecule has 3 heterocycles. The number of likely N-dealkylation sites (tertiary alicyclic amines) is 1. The third-order valence-electron chi connectivity index (χ3n) is 4.29. The van der Waals surface area contributed by atoms with E-state index in [1.165, 1.54) is 0 Å². The lowest BCUT2D eigenvalue weighted by molar-refractivity contribution is -0.133. The molecular weight excluding hydrogens is 282 g/mol. The van der Waals surface area contributed by atoms with E-state index in [1.54, 1.807) is 11.3 Å². The van der Waals surface area contributed by atoms with Crippen LogP contribution in [0.1, 0.15) is 48.6 Å². The van der Waals surface area contributed by atoms with Crippen molar-refractivity contribution in [3.05, 3.63) is 39.8 Å². The summed E-state index contributed by atoms with van der Waals surface area (Å²) in [5, 5.41) is 11.5. The number of nitrogens with zero attached hydrogens (tertiary/aromatic N) is 2. The molecule has 112 valence electrons. The maximum absolute atomic E-state index is 12.7. The lowest BCUT2D eigenvalue weighted by Gasteiger charge is -2.33. The Hall–Kier alpha value is -1.62. The molecule has 1 N–H and O–H groups in total. The van der Waals surface area contributed by atoms with Crippen molar-refractivity contribution in [1.82, 2.24) is 15.1 Å². The van der Waals surface area contributed by atoms with Gasteiger partial charge < -0.3 is 4.90 Å². The standard InChI is InChI=1S/C16H21N3OS/c1-11-8-15(18-17-11)13-4-3-6-19(9-13)16(20)12(2)14-5-7-21-10-14/h5,7-8,10,12-13H,3-4,6,9H2,1-2H3,(H,17,18)/t12-,13+/m0/s1. The summed E-state index contributed by atoms with van der Waals surface area (Å²) < 4.78 is 0. The molecule has 1 saturated heterocycles. The Balaban J connectivity index is 1.69. The van der Waals surface area contributed by atoms with Crippen LogP contribution in [0.5, 0.6) is 0 Å². The van der Waals surface area contributed by atoms with Gasteiger partial charge in [-0.2, -0.15) is 16.4 Å². The highest BCUT2D eigenvalue weighted by Gasteiger charge is 2.29. The van der Waals surface area contributed by atoms with Crippen molar-refractivity contribution >= 4 is 17.2 Å². The van der Waals surface area contributed by atoms with Crippen LogP contribution in [-0.4, -0.2) is 34.1 Å². The van der Waals surface area contributed by atoms with Crippen LogP contribution in [0.2, 0.25) is 0 Å². The highest BCUT2D eigenvalue weighted by Crippen LogP contribution is 2.28. The molecule has 0 aromatic carbocycles. The zero-order chi connectivity index (χ0) is 14.8. The van der Waals surface area contributed by atoms with E-state index in [0.717, 1.165) is 42.9 Å². The second-order valence-corrected chi connectivity index (χ2v) is 6.66. The molecule has 21 heavy (non-hydrogen) atoms. The Kier molecular flexibility index (Phi) is 4.10. The second-order valence-electron chi connectivity index (χ2n) is 5.88. The summed E-state index contributed by atoms with van der Waals surface area (Å²) in [5.74, 6) is 0.559. The molecule has 0 radical (unpaired) electrons. The summed E-state index contributed by atoms with van der Waals surface area (Å²) in [6.45, 7) is 5.68. The number of aromatic nitrogens is 2. The predicted octanol–water partition coefficient (Wildman–Crippen LogP) is 3.29. The Labute approximate surface area is 129 Å². The molecule has 1 aliphatic heterocycles. The zero-order valence-corrected chi connectivity index (χ0v) is 13.3. The maximum Gasteiger partial charge on any atom is 0.229 e. The van der Waals surface area contributed by atoms with Crippen molar-refractivity contribution in [2.45, 2.75) is 38.5 Å². The minimum Gasteiger partial charge on any atom is -0.342 e. The van der Waals surface area contributed by atoms with Gasteiger partial charge in [-0.3, -0.25) is 9.89 Å². The number of nitrogens with one attached hydrogen (secondary N) is 1. The number of carbonyl (C=O) groups excluding carboxylic acids is 1. The number of rotatable bonds is 3. The molecule has 3 rings (SSSR count). The summed E-state index contributed by atoms with van der Waals surface area (Å²) in [7, 11) is 0. The SMILES string of the molecule is Cc1cc([C@@H]2CCCN(C(=O)[C@@H](C)c3ccsc3)C2)n[nH]1. The fourth-order valence-corrected chi connectivity index (χ4v) is 3.76. The number of hydrogen-bond donors (Lipinski definition) is 1. The first-order valence-electron chi connectivity index (χ1n) is 7.48. The third kappa shape index (κ3) is 3.02. The van der Waals surface area contributed by atoms with Gasteiger partial charge in [0.1, 0.15) is 0 Å². The molecule has 2 aromatic rings. The van der Waals surface area contributed by atoms with Gasteiger partial charge in [0.15, 0.2) is 0 Å². The average molecular weight is 303 g/mol. The van der Waals surface area contributed by atoms with Crippen molar-refractivity contribution in [2.24, 2.45) is 0 Å². The van der Waals surface area contributed by atoms with E-state index >= 15 is 0 Å². The third-order valence-corrected chi connectivity index (χ3v) is 4.99.